The minimum absolute atomic E-state index is 0.0000553. The Morgan fingerprint density at radius 3 is 2.67 bits per heavy atom. The second-order valence-corrected chi connectivity index (χ2v) is 7.46. The summed E-state index contributed by atoms with van der Waals surface area (Å²) in [6.45, 7) is 5.50. The van der Waals surface area contributed by atoms with Crippen LogP contribution in [-0.4, -0.2) is 46.8 Å². The Balaban J connectivity index is 2.40. The Morgan fingerprint density at radius 1 is 1.44 bits per heavy atom. The fourth-order valence-electron chi connectivity index (χ4n) is 2.87. The van der Waals surface area contributed by atoms with Crippen molar-refractivity contribution >= 4 is 46.7 Å². The summed E-state index contributed by atoms with van der Waals surface area (Å²) in [5, 5.41) is 9.25. The molecule has 0 aliphatic carbocycles. The average molecular weight is 410 g/mol. The molecule has 2 rings (SSSR count). The van der Waals surface area contributed by atoms with Gasteiger partial charge in [-0.05, 0) is 51.4 Å². The molecular weight excluding hydrogens is 389 g/mol. The number of anilines is 1. The monoisotopic (exact) mass is 409 g/mol. The molecule has 1 heterocycles. The van der Waals surface area contributed by atoms with Crippen molar-refractivity contribution in [1.29, 1.82) is 5.26 Å². The molecule has 1 amide bonds. The van der Waals surface area contributed by atoms with E-state index >= 15 is 0 Å². The van der Waals surface area contributed by atoms with E-state index in [9.17, 15) is 14.0 Å². The van der Waals surface area contributed by atoms with Crippen molar-refractivity contribution in [3.63, 3.8) is 0 Å². The molecule has 0 spiro atoms. The van der Waals surface area contributed by atoms with Crippen molar-refractivity contribution < 1.29 is 18.7 Å². The van der Waals surface area contributed by atoms with Crippen molar-refractivity contribution in [3.05, 3.63) is 23.5 Å². The van der Waals surface area contributed by atoms with Gasteiger partial charge in [0.15, 0.2) is 10.9 Å². The van der Waals surface area contributed by atoms with E-state index < -0.39 is 23.2 Å². The molecule has 144 valence electrons. The van der Waals surface area contributed by atoms with Crippen LogP contribution in [0.5, 0.6) is 0 Å². The van der Waals surface area contributed by atoms with Crippen LogP contribution in [0.3, 0.4) is 0 Å². The van der Waals surface area contributed by atoms with Gasteiger partial charge >= 0.3 is 5.97 Å². The van der Waals surface area contributed by atoms with Crippen LogP contribution >= 0.6 is 24.0 Å². The summed E-state index contributed by atoms with van der Waals surface area (Å²) < 4.78 is 19.9. The maximum Gasteiger partial charge on any atom is 0.307 e. The molecule has 27 heavy (non-hydrogen) atoms. The lowest BCUT2D eigenvalue weighted by atomic mass is 10.0. The van der Waals surface area contributed by atoms with Crippen molar-refractivity contribution in [2.75, 3.05) is 24.3 Å². The predicted octanol–water partition coefficient (Wildman–Crippen LogP) is 3.08. The number of rotatable bonds is 6. The fraction of sp³-hybridized carbons (Fsp3) is 0.444. The third-order valence-corrected chi connectivity index (χ3v) is 5.52. The number of carbonyl (C=O) groups is 2. The normalized spacial score (nSPS) is 15.9. The zero-order chi connectivity index (χ0) is 20.4. The number of carbonyl (C=O) groups excluding carboxylic acids is 2. The Hall–Kier alpha value is -2.18. The second-order valence-electron chi connectivity index (χ2n) is 6.28. The Bertz CT molecular complexity index is 836. The lowest BCUT2D eigenvalue weighted by Crippen LogP contribution is -2.45. The summed E-state index contributed by atoms with van der Waals surface area (Å²) in [5.41, 5.74) is -0.844. The molecule has 0 aromatic heterocycles. The molecule has 0 bridgehead atoms. The first-order chi connectivity index (χ1) is 12.7. The molecule has 1 fully saturated rings. The molecule has 0 saturated carbocycles. The summed E-state index contributed by atoms with van der Waals surface area (Å²) >= 11 is 6.52. The molecule has 1 saturated heterocycles. The quantitative estimate of drug-likeness (QED) is 0.406. The van der Waals surface area contributed by atoms with Crippen LogP contribution in [0.25, 0.3) is 0 Å². The van der Waals surface area contributed by atoms with E-state index in [1.54, 1.807) is 31.9 Å². The van der Waals surface area contributed by atoms with Gasteiger partial charge in [0, 0.05) is 6.54 Å². The minimum Gasteiger partial charge on any atom is -0.466 e. The summed E-state index contributed by atoms with van der Waals surface area (Å²) in [7, 11) is 0. The van der Waals surface area contributed by atoms with Crippen molar-refractivity contribution in [2.45, 2.75) is 37.6 Å². The van der Waals surface area contributed by atoms with E-state index in [-0.39, 0.29) is 40.8 Å². The van der Waals surface area contributed by atoms with Gasteiger partial charge in [-0.2, -0.15) is 5.26 Å². The van der Waals surface area contributed by atoms with Crippen LogP contribution in [0.1, 0.15) is 32.8 Å². The number of esters is 1. The van der Waals surface area contributed by atoms with Crippen molar-refractivity contribution in [1.82, 2.24) is 4.90 Å². The van der Waals surface area contributed by atoms with E-state index in [0.29, 0.717) is 0 Å². The van der Waals surface area contributed by atoms with E-state index in [1.807, 2.05) is 6.07 Å². The van der Waals surface area contributed by atoms with Gasteiger partial charge in [-0.15, -0.1) is 11.8 Å². The first-order valence-corrected chi connectivity index (χ1v) is 9.92. The number of amides is 1. The van der Waals surface area contributed by atoms with Crippen LogP contribution in [-0.2, 0) is 14.3 Å². The van der Waals surface area contributed by atoms with E-state index in [4.69, 9.17) is 22.2 Å². The van der Waals surface area contributed by atoms with Gasteiger partial charge in [-0.3, -0.25) is 14.5 Å². The van der Waals surface area contributed by atoms with E-state index in [1.165, 1.54) is 12.1 Å². The molecule has 0 N–H and O–H groups in total. The fourth-order valence-corrected chi connectivity index (χ4v) is 3.98. The number of halogens is 1. The molecule has 1 aliphatic rings. The van der Waals surface area contributed by atoms with Gasteiger partial charge in [-0.1, -0.05) is 0 Å². The molecule has 1 aliphatic heterocycles. The first-order valence-electron chi connectivity index (χ1n) is 8.29. The summed E-state index contributed by atoms with van der Waals surface area (Å²) in [4.78, 5) is 27.5. The molecule has 0 unspecified atom stereocenters. The topological polar surface area (TPSA) is 73.6 Å². The van der Waals surface area contributed by atoms with Gasteiger partial charge in [-0.25, -0.2) is 4.39 Å². The maximum absolute atomic E-state index is 15.0. The van der Waals surface area contributed by atoms with E-state index in [0.717, 1.165) is 16.7 Å². The first kappa shape index (κ1) is 21.1. The number of hydrogen-bond acceptors (Lipinski definition) is 6. The Kier molecular flexibility index (Phi) is 6.44. The summed E-state index contributed by atoms with van der Waals surface area (Å²) in [6.07, 6.45) is 1.72. The highest BCUT2D eigenvalue weighted by Crippen LogP contribution is 2.37. The standard InChI is InChI=1S/C18H20FN3O3S2/c1-5-25-13(23)8-9-21-17(26)22(16(24)18(21,2)3)12-7-6-11(10-20)15(27-4)14(12)19/h6-7H,5,8-9H2,1-4H3. The number of ether oxygens (including phenoxy) is 1. The summed E-state index contributed by atoms with van der Waals surface area (Å²) in [6, 6.07) is 4.78. The molecule has 0 radical (unpaired) electrons. The Labute approximate surface area is 167 Å². The maximum atomic E-state index is 15.0. The van der Waals surface area contributed by atoms with Gasteiger partial charge in [0.25, 0.3) is 5.91 Å². The minimum atomic E-state index is -1.04. The molecule has 6 nitrogen and oxygen atoms in total. The van der Waals surface area contributed by atoms with Crippen LogP contribution in [0.15, 0.2) is 17.0 Å². The molecule has 1 aromatic carbocycles. The number of thioether (sulfide) groups is 1. The highest BCUT2D eigenvalue weighted by molar-refractivity contribution is 7.98. The number of hydrogen-bond donors (Lipinski definition) is 0. The molecular formula is C18H20FN3O3S2. The van der Waals surface area contributed by atoms with Crippen LogP contribution < -0.4 is 4.90 Å². The van der Waals surface area contributed by atoms with Crippen molar-refractivity contribution in [3.8, 4) is 6.07 Å². The third-order valence-electron chi connectivity index (χ3n) is 4.31. The molecule has 9 heteroatoms. The lowest BCUT2D eigenvalue weighted by Gasteiger charge is -2.29. The summed E-state index contributed by atoms with van der Waals surface area (Å²) in [5.74, 6) is -1.46. The molecule has 0 atom stereocenters. The number of thiocarbonyl (C=S) groups is 1. The van der Waals surface area contributed by atoms with Gasteiger partial charge in [0.05, 0.1) is 29.2 Å². The van der Waals surface area contributed by atoms with Gasteiger partial charge in [0.2, 0.25) is 0 Å². The van der Waals surface area contributed by atoms with Crippen LogP contribution in [0, 0.1) is 17.1 Å². The SMILES string of the molecule is CCOC(=O)CCN1C(=S)N(c2ccc(C#N)c(SC)c2F)C(=O)C1(C)C. The number of nitriles is 1. The number of nitrogens with zero attached hydrogens (tertiary/aromatic N) is 3. The van der Waals surface area contributed by atoms with Gasteiger partial charge in [0.1, 0.15) is 11.6 Å². The zero-order valence-electron chi connectivity index (χ0n) is 15.5. The second kappa shape index (κ2) is 8.23. The smallest absolute Gasteiger partial charge is 0.307 e. The predicted molar refractivity (Wildman–Crippen MR) is 105 cm³/mol. The Morgan fingerprint density at radius 2 is 2.11 bits per heavy atom. The molecule has 1 aromatic rings. The largest absolute Gasteiger partial charge is 0.466 e. The van der Waals surface area contributed by atoms with Crippen LogP contribution in [0.4, 0.5) is 10.1 Å². The van der Waals surface area contributed by atoms with Crippen LogP contribution in [0.2, 0.25) is 0 Å². The van der Waals surface area contributed by atoms with Gasteiger partial charge < -0.3 is 9.64 Å². The van der Waals surface area contributed by atoms with E-state index in [2.05, 4.69) is 0 Å². The zero-order valence-corrected chi connectivity index (χ0v) is 17.2. The highest BCUT2D eigenvalue weighted by Gasteiger charge is 2.50. The highest BCUT2D eigenvalue weighted by atomic mass is 32.2. The average Bonchev–Trinajstić information content (AvgIpc) is 2.78. The third kappa shape index (κ3) is 3.77. The van der Waals surface area contributed by atoms with Crippen molar-refractivity contribution in [2.24, 2.45) is 0 Å². The lowest BCUT2D eigenvalue weighted by molar-refractivity contribution is -0.143. The number of benzene rings is 1.